The maximum absolute atomic E-state index is 11.5. The molecule has 0 unspecified atom stereocenters. The Labute approximate surface area is 90.9 Å². The molecule has 0 radical (unpaired) electrons. The predicted molar refractivity (Wildman–Crippen MR) is 58.2 cm³/mol. The van der Waals surface area contributed by atoms with E-state index in [4.69, 9.17) is 11.6 Å². The molecule has 1 fully saturated rings. The standard InChI is InChI=1S/C8H17ClN2O2S/c1-2-14(12,13)11-7-5-10(4-3-9)6-8-11/h2-8H2,1H3. The first-order chi connectivity index (χ1) is 6.60. The first-order valence-corrected chi connectivity index (χ1v) is 7.00. The largest absolute Gasteiger partial charge is 0.300 e. The summed E-state index contributed by atoms with van der Waals surface area (Å²) in [7, 11) is -2.99. The molecule has 0 aliphatic carbocycles. The Morgan fingerprint density at radius 1 is 1.21 bits per heavy atom. The van der Waals surface area contributed by atoms with E-state index in [0.717, 1.165) is 19.6 Å². The lowest BCUT2D eigenvalue weighted by Crippen LogP contribution is -2.49. The van der Waals surface area contributed by atoms with E-state index in [-0.39, 0.29) is 5.75 Å². The summed E-state index contributed by atoms with van der Waals surface area (Å²) >= 11 is 5.61. The van der Waals surface area contributed by atoms with Crippen molar-refractivity contribution >= 4 is 21.6 Å². The van der Waals surface area contributed by atoms with Gasteiger partial charge in [-0.1, -0.05) is 0 Å². The van der Waals surface area contributed by atoms with Crippen molar-refractivity contribution in [3.8, 4) is 0 Å². The van der Waals surface area contributed by atoms with Gasteiger partial charge in [0.25, 0.3) is 0 Å². The highest BCUT2D eigenvalue weighted by Crippen LogP contribution is 2.07. The van der Waals surface area contributed by atoms with E-state index in [9.17, 15) is 8.42 Å². The van der Waals surface area contributed by atoms with E-state index in [1.54, 1.807) is 11.2 Å². The Morgan fingerprint density at radius 3 is 2.21 bits per heavy atom. The lowest BCUT2D eigenvalue weighted by Gasteiger charge is -2.33. The first-order valence-electron chi connectivity index (χ1n) is 4.86. The van der Waals surface area contributed by atoms with Crippen LogP contribution in [-0.2, 0) is 10.0 Å². The van der Waals surface area contributed by atoms with Gasteiger partial charge < -0.3 is 0 Å². The Morgan fingerprint density at radius 2 is 1.79 bits per heavy atom. The fourth-order valence-electron chi connectivity index (χ4n) is 1.53. The zero-order valence-corrected chi connectivity index (χ0v) is 10.0. The third-order valence-electron chi connectivity index (χ3n) is 2.49. The monoisotopic (exact) mass is 240 g/mol. The summed E-state index contributed by atoms with van der Waals surface area (Å²) in [6, 6.07) is 0. The number of alkyl halides is 1. The predicted octanol–water partition coefficient (Wildman–Crippen LogP) is 0.193. The van der Waals surface area contributed by atoms with Gasteiger partial charge in [-0.15, -0.1) is 11.6 Å². The maximum atomic E-state index is 11.5. The van der Waals surface area contributed by atoms with Crippen LogP contribution in [0, 0.1) is 0 Å². The summed E-state index contributed by atoms with van der Waals surface area (Å²) in [6.07, 6.45) is 0. The van der Waals surface area contributed by atoms with Gasteiger partial charge in [0.15, 0.2) is 0 Å². The number of rotatable bonds is 4. The van der Waals surface area contributed by atoms with Crippen LogP contribution < -0.4 is 0 Å². The molecule has 0 saturated carbocycles. The summed E-state index contributed by atoms with van der Waals surface area (Å²) < 4.78 is 24.6. The van der Waals surface area contributed by atoms with E-state index in [0.29, 0.717) is 19.0 Å². The highest BCUT2D eigenvalue weighted by atomic mass is 35.5. The minimum atomic E-state index is -2.99. The Bertz CT molecular complexity index is 261. The Kier molecular flexibility index (Phi) is 4.63. The fourth-order valence-corrected chi connectivity index (χ4v) is 2.86. The van der Waals surface area contributed by atoms with Crippen molar-refractivity contribution in [2.24, 2.45) is 0 Å². The Hall–Kier alpha value is 0.160. The van der Waals surface area contributed by atoms with Gasteiger partial charge in [-0.05, 0) is 6.92 Å². The second kappa shape index (κ2) is 5.30. The average molecular weight is 241 g/mol. The molecule has 1 heterocycles. The molecule has 14 heavy (non-hydrogen) atoms. The van der Waals surface area contributed by atoms with E-state index < -0.39 is 10.0 Å². The molecule has 0 amide bonds. The lowest BCUT2D eigenvalue weighted by molar-refractivity contribution is 0.197. The highest BCUT2D eigenvalue weighted by Gasteiger charge is 2.24. The number of piperazine rings is 1. The minimum Gasteiger partial charge on any atom is -0.300 e. The molecule has 1 aliphatic rings. The molecular weight excluding hydrogens is 224 g/mol. The molecule has 0 bridgehead atoms. The van der Waals surface area contributed by atoms with Gasteiger partial charge >= 0.3 is 0 Å². The number of hydrogen-bond acceptors (Lipinski definition) is 3. The van der Waals surface area contributed by atoms with Crippen molar-refractivity contribution in [1.29, 1.82) is 0 Å². The van der Waals surface area contributed by atoms with Gasteiger partial charge in [-0.25, -0.2) is 8.42 Å². The molecule has 0 aromatic carbocycles. The minimum absolute atomic E-state index is 0.197. The molecular formula is C8H17ClN2O2S. The van der Waals surface area contributed by atoms with Crippen molar-refractivity contribution in [2.75, 3.05) is 44.4 Å². The van der Waals surface area contributed by atoms with Gasteiger partial charge in [-0.3, -0.25) is 4.90 Å². The summed E-state index contributed by atoms with van der Waals surface area (Å²) in [6.45, 7) is 5.33. The Balaban J connectivity index is 2.43. The van der Waals surface area contributed by atoms with Crippen LogP contribution in [0.2, 0.25) is 0 Å². The van der Waals surface area contributed by atoms with Gasteiger partial charge in [0.1, 0.15) is 0 Å². The van der Waals surface area contributed by atoms with Gasteiger partial charge in [0, 0.05) is 38.6 Å². The number of hydrogen-bond donors (Lipinski definition) is 0. The molecule has 1 rings (SSSR count). The fraction of sp³-hybridized carbons (Fsp3) is 1.00. The third-order valence-corrected chi connectivity index (χ3v) is 4.54. The molecule has 4 nitrogen and oxygen atoms in total. The molecule has 6 heteroatoms. The first kappa shape index (κ1) is 12.2. The van der Waals surface area contributed by atoms with E-state index >= 15 is 0 Å². The van der Waals surface area contributed by atoms with Gasteiger partial charge in [-0.2, -0.15) is 4.31 Å². The van der Waals surface area contributed by atoms with Gasteiger partial charge in [0.2, 0.25) is 10.0 Å². The third kappa shape index (κ3) is 3.08. The topological polar surface area (TPSA) is 40.6 Å². The molecule has 0 N–H and O–H groups in total. The molecule has 0 spiro atoms. The molecule has 84 valence electrons. The van der Waals surface area contributed by atoms with Crippen LogP contribution in [-0.4, -0.2) is 62.0 Å². The van der Waals surface area contributed by atoms with Crippen molar-refractivity contribution in [3.63, 3.8) is 0 Å². The summed E-state index contributed by atoms with van der Waals surface area (Å²) in [5.41, 5.74) is 0. The smallest absolute Gasteiger partial charge is 0.213 e. The maximum Gasteiger partial charge on any atom is 0.213 e. The summed E-state index contributed by atoms with van der Waals surface area (Å²) in [5.74, 6) is 0.809. The molecule has 1 saturated heterocycles. The average Bonchev–Trinajstić information content (AvgIpc) is 2.19. The summed E-state index contributed by atoms with van der Waals surface area (Å²) in [4.78, 5) is 2.19. The second-order valence-electron chi connectivity index (χ2n) is 3.33. The SMILES string of the molecule is CCS(=O)(=O)N1CCN(CCCl)CC1. The van der Waals surface area contributed by atoms with Crippen LogP contribution in [0.3, 0.4) is 0 Å². The van der Waals surface area contributed by atoms with Crippen molar-refractivity contribution in [2.45, 2.75) is 6.92 Å². The van der Waals surface area contributed by atoms with Gasteiger partial charge in [0.05, 0.1) is 5.75 Å². The normalized spacial score (nSPS) is 21.3. The zero-order chi connectivity index (χ0) is 10.6. The van der Waals surface area contributed by atoms with Crippen molar-refractivity contribution in [1.82, 2.24) is 9.21 Å². The summed E-state index contributed by atoms with van der Waals surface area (Å²) in [5, 5.41) is 0. The molecule has 0 atom stereocenters. The van der Waals surface area contributed by atoms with E-state index in [2.05, 4.69) is 4.90 Å². The number of nitrogens with zero attached hydrogens (tertiary/aromatic N) is 2. The van der Waals surface area contributed by atoms with Crippen LogP contribution in [0.15, 0.2) is 0 Å². The van der Waals surface area contributed by atoms with E-state index in [1.807, 2.05) is 0 Å². The lowest BCUT2D eigenvalue weighted by atomic mass is 10.4. The van der Waals surface area contributed by atoms with Crippen LogP contribution >= 0.6 is 11.6 Å². The van der Waals surface area contributed by atoms with Crippen LogP contribution in [0.1, 0.15) is 6.92 Å². The quantitative estimate of drug-likeness (QED) is 0.659. The van der Waals surface area contributed by atoms with E-state index in [1.165, 1.54) is 0 Å². The van der Waals surface area contributed by atoms with Crippen LogP contribution in [0.25, 0.3) is 0 Å². The van der Waals surface area contributed by atoms with Crippen molar-refractivity contribution < 1.29 is 8.42 Å². The molecule has 0 aromatic heterocycles. The van der Waals surface area contributed by atoms with Crippen LogP contribution in [0.5, 0.6) is 0 Å². The molecule has 0 aromatic rings. The number of halogens is 1. The zero-order valence-electron chi connectivity index (χ0n) is 8.45. The highest BCUT2D eigenvalue weighted by molar-refractivity contribution is 7.89. The second-order valence-corrected chi connectivity index (χ2v) is 5.97. The molecule has 1 aliphatic heterocycles. The van der Waals surface area contributed by atoms with Crippen LogP contribution in [0.4, 0.5) is 0 Å². The van der Waals surface area contributed by atoms with Crippen molar-refractivity contribution in [3.05, 3.63) is 0 Å². The number of sulfonamides is 1.